The van der Waals surface area contributed by atoms with Gasteiger partial charge >= 0.3 is 5.97 Å². The van der Waals surface area contributed by atoms with E-state index in [0.717, 1.165) is 6.32 Å². The summed E-state index contributed by atoms with van der Waals surface area (Å²) in [6.07, 6.45) is 1.54. The summed E-state index contributed by atoms with van der Waals surface area (Å²) in [5.41, 5.74) is 10.1. The number of carboxylic acids is 1. The van der Waals surface area contributed by atoms with Crippen LogP contribution in [0, 0.1) is 5.92 Å². The number of nitrogens with two attached hydrogens (primary N) is 2. The number of hydrogen-bond donors (Lipinski definition) is 3. The number of amides is 1. The molecular formula is C10H20BN3O3. The Morgan fingerprint density at radius 2 is 2.24 bits per heavy atom. The number of likely N-dealkylation sites (tertiary alicyclic amines) is 1. The zero-order chi connectivity index (χ0) is 13.2. The molecule has 0 aromatic heterocycles. The van der Waals surface area contributed by atoms with Gasteiger partial charge in [0.1, 0.15) is 13.4 Å². The van der Waals surface area contributed by atoms with Crippen LogP contribution in [0.3, 0.4) is 0 Å². The van der Waals surface area contributed by atoms with E-state index in [9.17, 15) is 14.7 Å². The van der Waals surface area contributed by atoms with E-state index in [1.54, 1.807) is 6.92 Å². The van der Waals surface area contributed by atoms with E-state index in [1.807, 2.05) is 7.85 Å². The van der Waals surface area contributed by atoms with Gasteiger partial charge in [0.2, 0.25) is 5.91 Å². The van der Waals surface area contributed by atoms with E-state index in [-0.39, 0.29) is 18.4 Å². The van der Waals surface area contributed by atoms with E-state index < -0.39 is 17.6 Å². The quantitative estimate of drug-likeness (QED) is 0.494. The van der Waals surface area contributed by atoms with Gasteiger partial charge in [-0.15, -0.1) is 0 Å². The molecule has 6 nitrogen and oxygen atoms in total. The molecule has 0 aromatic carbocycles. The minimum absolute atomic E-state index is 0.0490. The predicted molar refractivity (Wildman–Crippen MR) is 66.2 cm³/mol. The monoisotopic (exact) mass is 241 g/mol. The van der Waals surface area contributed by atoms with Crippen molar-refractivity contribution in [3.05, 3.63) is 0 Å². The highest BCUT2D eigenvalue weighted by atomic mass is 16.4. The summed E-state index contributed by atoms with van der Waals surface area (Å²) in [7, 11) is 1.97. The fraction of sp³-hybridized carbons (Fsp3) is 0.800. The lowest BCUT2D eigenvalue weighted by Crippen LogP contribution is -2.55. The van der Waals surface area contributed by atoms with Crippen molar-refractivity contribution in [1.29, 1.82) is 0 Å². The SMILES string of the molecule is BCC[C@H]1CN(C(=O)[C@H](C)N)C[C@@]1(N)C(=O)O. The number of carboxylic acid groups (broad SMARTS) is 1. The largest absolute Gasteiger partial charge is 0.480 e. The first-order chi connectivity index (χ1) is 7.82. The first-order valence-corrected chi connectivity index (χ1v) is 5.89. The number of hydrogen-bond acceptors (Lipinski definition) is 4. The second kappa shape index (κ2) is 5.06. The van der Waals surface area contributed by atoms with Gasteiger partial charge in [0.15, 0.2) is 0 Å². The van der Waals surface area contributed by atoms with E-state index in [0.29, 0.717) is 13.0 Å². The zero-order valence-electron chi connectivity index (χ0n) is 10.3. The molecule has 1 fully saturated rings. The minimum atomic E-state index is -1.33. The van der Waals surface area contributed by atoms with Gasteiger partial charge in [0.25, 0.3) is 0 Å². The van der Waals surface area contributed by atoms with Crippen LogP contribution in [0.5, 0.6) is 0 Å². The van der Waals surface area contributed by atoms with Gasteiger partial charge in [-0.25, -0.2) is 0 Å². The van der Waals surface area contributed by atoms with Gasteiger partial charge in [-0.3, -0.25) is 9.59 Å². The van der Waals surface area contributed by atoms with Gasteiger partial charge in [-0.05, 0) is 6.92 Å². The molecule has 0 saturated carbocycles. The highest BCUT2D eigenvalue weighted by Gasteiger charge is 2.50. The smallest absolute Gasteiger partial charge is 0.325 e. The third-order valence-corrected chi connectivity index (χ3v) is 3.36. The van der Waals surface area contributed by atoms with Crippen LogP contribution in [-0.4, -0.2) is 54.4 Å². The molecular weight excluding hydrogens is 221 g/mol. The Kier molecular flexibility index (Phi) is 4.16. The summed E-state index contributed by atoms with van der Waals surface area (Å²) in [6.45, 7) is 2.03. The topological polar surface area (TPSA) is 110 Å². The normalized spacial score (nSPS) is 30.3. The maximum Gasteiger partial charge on any atom is 0.325 e. The summed E-state index contributed by atoms with van der Waals surface area (Å²) >= 11 is 0. The third-order valence-electron chi connectivity index (χ3n) is 3.36. The molecule has 1 aliphatic heterocycles. The second-order valence-corrected chi connectivity index (χ2v) is 4.84. The molecule has 1 rings (SSSR count). The van der Waals surface area contributed by atoms with Gasteiger partial charge in [0, 0.05) is 19.0 Å². The summed E-state index contributed by atoms with van der Waals surface area (Å²) in [5, 5.41) is 9.21. The molecule has 1 aliphatic rings. The van der Waals surface area contributed by atoms with Crippen molar-refractivity contribution >= 4 is 19.7 Å². The van der Waals surface area contributed by atoms with Crippen molar-refractivity contribution in [1.82, 2.24) is 4.90 Å². The Labute approximate surface area is 102 Å². The van der Waals surface area contributed by atoms with Crippen LogP contribution < -0.4 is 11.5 Å². The molecule has 7 heteroatoms. The van der Waals surface area contributed by atoms with Crippen LogP contribution in [0.2, 0.25) is 6.32 Å². The molecule has 1 heterocycles. The van der Waals surface area contributed by atoms with Gasteiger partial charge in [0.05, 0.1) is 6.04 Å². The highest BCUT2D eigenvalue weighted by Crippen LogP contribution is 2.29. The van der Waals surface area contributed by atoms with Crippen molar-refractivity contribution in [2.75, 3.05) is 13.1 Å². The molecule has 0 unspecified atom stereocenters. The van der Waals surface area contributed by atoms with Crippen molar-refractivity contribution in [3.8, 4) is 0 Å². The maximum atomic E-state index is 11.8. The molecule has 0 bridgehead atoms. The molecule has 5 N–H and O–H groups in total. The summed E-state index contributed by atoms with van der Waals surface area (Å²) in [4.78, 5) is 24.5. The average molecular weight is 241 g/mol. The first kappa shape index (κ1) is 14.0. The third kappa shape index (κ3) is 2.61. The Hall–Kier alpha value is -1.08. The van der Waals surface area contributed by atoms with Crippen molar-refractivity contribution in [2.45, 2.75) is 31.2 Å². The van der Waals surface area contributed by atoms with Crippen LogP contribution >= 0.6 is 0 Å². The number of aliphatic carboxylic acids is 1. The van der Waals surface area contributed by atoms with Crippen molar-refractivity contribution in [2.24, 2.45) is 17.4 Å². The van der Waals surface area contributed by atoms with Crippen LogP contribution in [0.25, 0.3) is 0 Å². The van der Waals surface area contributed by atoms with Crippen LogP contribution in [-0.2, 0) is 9.59 Å². The Morgan fingerprint density at radius 1 is 1.65 bits per heavy atom. The number of carbonyl (C=O) groups is 2. The van der Waals surface area contributed by atoms with E-state index in [2.05, 4.69) is 0 Å². The average Bonchev–Trinajstić information content (AvgIpc) is 2.57. The second-order valence-electron chi connectivity index (χ2n) is 4.84. The lowest BCUT2D eigenvalue weighted by atomic mass is 9.81. The molecule has 3 atom stereocenters. The standard InChI is InChI=1S/C10H20BN3O3/c1-6(12)8(15)14-4-7(2-3-11)10(13,5-14)9(16)17/h6-7H,2-5,11-13H2,1H3,(H,16,17)/t6-,7-,10-/m0/s1. The lowest BCUT2D eigenvalue weighted by molar-refractivity contribution is -0.144. The number of rotatable bonds is 4. The van der Waals surface area contributed by atoms with Crippen molar-refractivity contribution < 1.29 is 14.7 Å². The van der Waals surface area contributed by atoms with E-state index in [4.69, 9.17) is 11.5 Å². The van der Waals surface area contributed by atoms with Crippen LogP contribution in [0.4, 0.5) is 0 Å². The van der Waals surface area contributed by atoms with Crippen LogP contribution in [0.15, 0.2) is 0 Å². The Morgan fingerprint density at radius 3 is 2.65 bits per heavy atom. The Balaban J connectivity index is 2.86. The molecule has 0 aliphatic carbocycles. The molecule has 96 valence electrons. The number of carbonyl (C=O) groups excluding carboxylic acids is 1. The summed E-state index contributed by atoms with van der Waals surface area (Å²) in [5.74, 6) is -1.48. The summed E-state index contributed by atoms with van der Waals surface area (Å²) in [6, 6.07) is -0.617. The molecule has 0 spiro atoms. The maximum absolute atomic E-state index is 11.8. The molecule has 1 saturated heterocycles. The predicted octanol–water partition coefficient (Wildman–Crippen LogP) is -1.98. The van der Waals surface area contributed by atoms with Gasteiger partial charge in [-0.2, -0.15) is 0 Å². The molecule has 17 heavy (non-hydrogen) atoms. The first-order valence-electron chi connectivity index (χ1n) is 5.89. The van der Waals surface area contributed by atoms with E-state index in [1.165, 1.54) is 4.90 Å². The zero-order valence-corrected chi connectivity index (χ0v) is 10.3. The van der Waals surface area contributed by atoms with Gasteiger partial charge < -0.3 is 21.5 Å². The van der Waals surface area contributed by atoms with E-state index >= 15 is 0 Å². The highest BCUT2D eigenvalue weighted by molar-refractivity contribution is 6.08. The minimum Gasteiger partial charge on any atom is -0.480 e. The fourth-order valence-electron chi connectivity index (χ4n) is 2.33. The van der Waals surface area contributed by atoms with Crippen LogP contribution in [0.1, 0.15) is 13.3 Å². The fourth-order valence-corrected chi connectivity index (χ4v) is 2.33. The molecule has 0 aromatic rings. The lowest BCUT2D eigenvalue weighted by Gasteiger charge is -2.24. The Bertz CT molecular complexity index is 324. The number of nitrogens with zero attached hydrogens (tertiary/aromatic N) is 1. The van der Waals surface area contributed by atoms with Crippen molar-refractivity contribution in [3.63, 3.8) is 0 Å². The van der Waals surface area contributed by atoms with Gasteiger partial charge in [-0.1, -0.05) is 12.7 Å². The summed E-state index contributed by atoms with van der Waals surface area (Å²) < 4.78 is 0. The molecule has 1 amide bonds. The molecule has 0 radical (unpaired) electrons.